The van der Waals surface area contributed by atoms with Gasteiger partial charge in [-0.15, -0.1) is 0 Å². The van der Waals surface area contributed by atoms with Crippen molar-refractivity contribution in [2.45, 2.75) is 0 Å². The van der Waals surface area contributed by atoms with Gasteiger partial charge in [-0.2, -0.15) is 0 Å². The molecule has 1 N–H and O–H groups in total. The molecule has 1 aliphatic rings. The molecule has 2 aromatic carbocycles. The molecule has 0 spiro atoms. The van der Waals surface area contributed by atoms with Gasteiger partial charge in [0.2, 0.25) is 0 Å². The van der Waals surface area contributed by atoms with Crippen LogP contribution in [0.3, 0.4) is 0 Å². The van der Waals surface area contributed by atoms with E-state index in [9.17, 15) is 4.39 Å². The Hall–Kier alpha value is -2.27. The molecule has 0 aromatic heterocycles. The maximum Gasteiger partial charge on any atom is 0.169 e. The van der Waals surface area contributed by atoms with Gasteiger partial charge in [-0.05, 0) is 32.3 Å². The Kier molecular flexibility index (Phi) is 5.61. The molecule has 0 fully saturated rings. The standard InChI is InChI=1S/C15H13FO3.C2H7N/c1-17-12-6-3-5-11(16)14(12)10-4-2-7-13-15(10)19-9-8-18-13;1-3-2/h2-7H,8-9H2,1H3;3H,1-2H3. The van der Waals surface area contributed by atoms with Gasteiger partial charge in [0.25, 0.3) is 0 Å². The van der Waals surface area contributed by atoms with Crippen molar-refractivity contribution in [1.29, 1.82) is 0 Å². The van der Waals surface area contributed by atoms with Crippen LogP contribution in [0, 0.1) is 5.82 Å². The summed E-state index contributed by atoms with van der Waals surface area (Å²) in [6.45, 7) is 0.964. The molecule has 0 radical (unpaired) electrons. The van der Waals surface area contributed by atoms with Crippen LogP contribution < -0.4 is 19.5 Å². The highest BCUT2D eigenvalue weighted by Crippen LogP contribution is 2.43. The zero-order chi connectivity index (χ0) is 15.9. The van der Waals surface area contributed by atoms with Gasteiger partial charge < -0.3 is 19.5 Å². The van der Waals surface area contributed by atoms with Crippen LogP contribution in [0.1, 0.15) is 0 Å². The van der Waals surface area contributed by atoms with E-state index in [1.165, 1.54) is 13.2 Å². The monoisotopic (exact) mass is 305 g/mol. The zero-order valence-corrected chi connectivity index (χ0v) is 13.0. The number of methoxy groups -OCH3 is 1. The summed E-state index contributed by atoms with van der Waals surface area (Å²) in [5.74, 6) is 1.33. The Bertz CT molecular complexity index is 631. The molecule has 0 amide bonds. The summed E-state index contributed by atoms with van der Waals surface area (Å²) in [4.78, 5) is 0. The van der Waals surface area contributed by atoms with Crippen LogP contribution in [-0.2, 0) is 0 Å². The minimum absolute atomic E-state index is 0.345. The molecule has 22 heavy (non-hydrogen) atoms. The molecule has 2 aromatic rings. The number of hydrogen-bond donors (Lipinski definition) is 1. The number of hydrogen-bond acceptors (Lipinski definition) is 4. The van der Waals surface area contributed by atoms with Crippen LogP contribution in [0.4, 0.5) is 4.39 Å². The Morgan fingerprint density at radius 3 is 2.45 bits per heavy atom. The number of benzene rings is 2. The lowest BCUT2D eigenvalue weighted by molar-refractivity contribution is 0.172. The van der Waals surface area contributed by atoms with E-state index in [1.54, 1.807) is 18.2 Å². The number of ether oxygens (including phenoxy) is 3. The highest BCUT2D eigenvalue weighted by atomic mass is 19.1. The number of para-hydroxylation sites is 1. The lowest BCUT2D eigenvalue weighted by Crippen LogP contribution is -2.16. The van der Waals surface area contributed by atoms with Gasteiger partial charge in [0.15, 0.2) is 11.5 Å². The predicted molar refractivity (Wildman–Crippen MR) is 84.4 cm³/mol. The molecule has 0 aliphatic carbocycles. The second kappa shape index (κ2) is 7.66. The smallest absolute Gasteiger partial charge is 0.169 e. The second-order valence-electron chi connectivity index (χ2n) is 4.65. The Morgan fingerprint density at radius 2 is 1.73 bits per heavy atom. The van der Waals surface area contributed by atoms with E-state index in [2.05, 4.69) is 5.32 Å². The molecule has 0 atom stereocenters. The second-order valence-corrected chi connectivity index (χ2v) is 4.65. The molecule has 1 heterocycles. The normalized spacial score (nSPS) is 12.2. The minimum Gasteiger partial charge on any atom is -0.496 e. The van der Waals surface area contributed by atoms with E-state index in [0.29, 0.717) is 41.6 Å². The van der Waals surface area contributed by atoms with Gasteiger partial charge in [-0.3, -0.25) is 0 Å². The van der Waals surface area contributed by atoms with Crippen LogP contribution in [0.2, 0.25) is 0 Å². The predicted octanol–water partition coefficient (Wildman–Crippen LogP) is 3.11. The lowest BCUT2D eigenvalue weighted by atomic mass is 10.0. The Labute approximate surface area is 129 Å². The molecular weight excluding hydrogens is 285 g/mol. The van der Waals surface area contributed by atoms with Gasteiger partial charge in [-0.25, -0.2) is 4.39 Å². The van der Waals surface area contributed by atoms with Crippen molar-refractivity contribution in [2.24, 2.45) is 0 Å². The third kappa shape index (κ3) is 3.31. The van der Waals surface area contributed by atoms with E-state index < -0.39 is 0 Å². The number of halogens is 1. The first-order valence-corrected chi connectivity index (χ1v) is 7.02. The first kappa shape index (κ1) is 16.1. The quantitative estimate of drug-likeness (QED) is 0.925. The summed E-state index contributed by atoms with van der Waals surface area (Å²) in [5.41, 5.74) is 1.04. The molecule has 0 saturated heterocycles. The largest absolute Gasteiger partial charge is 0.496 e. The molecule has 1 aliphatic heterocycles. The highest BCUT2D eigenvalue weighted by molar-refractivity contribution is 5.79. The van der Waals surface area contributed by atoms with Crippen molar-refractivity contribution >= 4 is 0 Å². The third-order valence-electron chi connectivity index (χ3n) is 3.03. The minimum atomic E-state index is -0.345. The average Bonchev–Trinajstić information content (AvgIpc) is 2.55. The first-order chi connectivity index (χ1) is 10.7. The fraction of sp³-hybridized carbons (Fsp3) is 0.294. The van der Waals surface area contributed by atoms with Crippen LogP contribution in [0.5, 0.6) is 17.2 Å². The van der Waals surface area contributed by atoms with E-state index >= 15 is 0 Å². The van der Waals surface area contributed by atoms with Crippen LogP contribution in [0.15, 0.2) is 36.4 Å². The third-order valence-corrected chi connectivity index (χ3v) is 3.03. The van der Waals surface area contributed by atoms with Gasteiger partial charge in [-0.1, -0.05) is 18.2 Å². The van der Waals surface area contributed by atoms with Crippen molar-refractivity contribution in [3.05, 3.63) is 42.2 Å². The molecule has 0 saturated carbocycles. The summed E-state index contributed by atoms with van der Waals surface area (Å²) in [7, 11) is 5.27. The molecule has 0 unspecified atom stereocenters. The summed E-state index contributed by atoms with van der Waals surface area (Å²) in [6.07, 6.45) is 0. The van der Waals surface area contributed by atoms with E-state index in [-0.39, 0.29) is 5.82 Å². The molecule has 5 heteroatoms. The molecular formula is C17H20FNO3. The lowest BCUT2D eigenvalue weighted by Gasteiger charge is -2.21. The van der Waals surface area contributed by atoms with E-state index in [1.807, 2.05) is 26.2 Å². The zero-order valence-electron chi connectivity index (χ0n) is 13.0. The van der Waals surface area contributed by atoms with Gasteiger partial charge in [0.05, 0.1) is 12.7 Å². The molecule has 4 nitrogen and oxygen atoms in total. The topological polar surface area (TPSA) is 39.7 Å². The molecule has 118 valence electrons. The average molecular weight is 305 g/mol. The fourth-order valence-corrected chi connectivity index (χ4v) is 2.21. The van der Waals surface area contributed by atoms with Gasteiger partial charge in [0.1, 0.15) is 24.8 Å². The summed E-state index contributed by atoms with van der Waals surface area (Å²) in [6, 6.07) is 10.2. The molecule has 0 bridgehead atoms. The SMILES string of the molecule is CNC.COc1cccc(F)c1-c1cccc2c1OCCO2. The number of nitrogens with one attached hydrogen (secondary N) is 1. The first-order valence-electron chi connectivity index (χ1n) is 7.02. The van der Waals surface area contributed by atoms with Gasteiger partial charge in [0, 0.05) is 5.56 Å². The summed E-state index contributed by atoms with van der Waals surface area (Å²) in [5, 5.41) is 2.75. The van der Waals surface area contributed by atoms with Crippen LogP contribution >= 0.6 is 0 Å². The maximum absolute atomic E-state index is 14.1. The summed E-state index contributed by atoms with van der Waals surface area (Å²) < 4.78 is 30.5. The fourth-order valence-electron chi connectivity index (χ4n) is 2.21. The van der Waals surface area contributed by atoms with Crippen molar-refractivity contribution in [3.63, 3.8) is 0 Å². The van der Waals surface area contributed by atoms with Crippen molar-refractivity contribution < 1.29 is 18.6 Å². The van der Waals surface area contributed by atoms with Crippen LogP contribution in [-0.4, -0.2) is 34.4 Å². The van der Waals surface area contributed by atoms with Crippen molar-refractivity contribution in [3.8, 4) is 28.4 Å². The highest BCUT2D eigenvalue weighted by Gasteiger charge is 2.21. The van der Waals surface area contributed by atoms with E-state index in [4.69, 9.17) is 14.2 Å². The van der Waals surface area contributed by atoms with E-state index in [0.717, 1.165) is 0 Å². The number of rotatable bonds is 2. The number of fused-ring (bicyclic) bond motifs is 1. The summed E-state index contributed by atoms with van der Waals surface area (Å²) >= 11 is 0. The van der Waals surface area contributed by atoms with Crippen molar-refractivity contribution in [2.75, 3.05) is 34.4 Å². The van der Waals surface area contributed by atoms with Gasteiger partial charge >= 0.3 is 0 Å². The Balaban J connectivity index is 0.000000545. The molecule has 3 rings (SSSR count). The maximum atomic E-state index is 14.1. The van der Waals surface area contributed by atoms with Crippen LogP contribution in [0.25, 0.3) is 11.1 Å². The Morgan fingerprint density at radius 1 is 1.05 bits per heavy atom. The van der Waals surface area contributed by atoms with Crippen molar-refractivity contribution in [1.82, 2.24) is 5.32 Å².